The number of nitrogens with zero attached hydrogens (tertiary/aromatic N) is 1. The summed E-state index contributed by atoms with van der Waals surface area (Å²) >= 11 is 0. The molecule has 0 saturated heterocycles. The molecule has 1 aromatic heterocycles. The molecule has 1 heterocycles. The van der Waals surface area contributed by atoms with Gasteiger partial charge >= 0.3 is 0 Å². The van der Waals surface area contributed by atoms with Gasteiger partial charge in [0.25, 0.3) is 5.91 Å². The third kappa shape index (κ3) is 4.10. The van der Waals surface area contributed by atoms with E-state index in [-0.39, 0.29) is 17.9 Å². The third-order valence-corrected chi connectivity index (χ3v) is 3.60. The van der Waals surface area contributed by atoms with Crippen molar-refractivity contribution in [2.75, 3.05) is 20.3 Å². The summed E-state index contributed by atoms with van der Waals surface area (Å²) in [5.41, 5.74) is 1.54. The van der Waals surface area contributed by atoms with E-state index in [1.165, 1.54) is 0 Å². The van der Waals surface area contributed by atoms with Crippen LogP contribution in [0, 0.1) is 12.3 Å². The molecule has 0 saturated carbocycles. The molecule has 6 nitrogen and oxygen atoms in total. The maximum absolute atomic E-state index is 12.3. The first-order valence-electron chi connectivity index (χ1n) is 7.46. The number of nitrogens with one attached hydrogen (secondary N) is 2. The average molecular weight is 317 g/mol. The molecular formula is C17H23N3O3. The number of methoxy groups -OCH3 is 1. The Morgan fingerprint density at radius 1 is 1.43 bits per heavy atom. The first kappa shape index (κ1) is 17.0. The highest BCUT2D eigenvalue weighted by atomic mass is 16.5. The van der Waals surface area contributed by atoms with Gasteiger partial charge in [-0.15, -0.1) is 0 Å². The summed E-state index contributed by atoms with van der Waals surface area (Å²) in [7, 11) is 1.61. The van der Waals surface area contributed by atoms with Gasteiger partial charge in [0.1, 0.15) is 17.3 Å². The monoisotopic (exact) mass is 317 g/mol. The number of benzene rings is 1. The molecule has 1 amide bonds. The molecule has 2 aromatic rings. The van der Waals surface area contributed by atoms with Crippen molar-refractivity contribution >= 4 is 5.91 Å². The molecule has 1 aromatic carbocycles. The zero-order valence-corrected chi connectivity index (χ0v) is 13.9. The molecule has 0 radical (unpaired) electrons. The molecule has 0 fully saturated rings. The van der Waals surface area contributed by atoms with E-state index in [1.54, 1.807) is 7.11 Å². The Kier molecular flexibility index (Phi) is 5.05. The van der Waals surface area contributed by atoms with Crippen LogP contribution >= 0.6 is 0 Å². The number of amides is 1. The van der Waals surface area contributed by atoms with E-state index in [0.717, 1.165) is 11.3 Å². The molecule has 2 rings (SSSR count). The summed E-state index contributed by atoms with van der Waals surface area (Å²) in [6.07, 6.45) is 0. The normalized spacial score (nSPS) is 11.3. The molecular weight excluding hydrogens is 294 g/mol. The van der Waals surface area contributed by atoms with E-state index >= 15 is 0 Å². The number of aliphatic hydroxyl groups excluding tert-OH is 1. The summed E-state index contributed by atoms with van der Waals surface area (Å²) in [6.45, 7) is 5.95. The number of carbonyl (C=O) groups excluding carboxylic acids is 1. The summed E-state index contributed by atoms with van der Waals surface area (Å²) in [5, 5.41) is 12.1. The van der Waals surface area contributed by atoms with Gasteiger partial charge in [0.2, 0.25) is 0 Å². The van der Waals surface area contributed by atoms with Gasteiger partial charge in [-0.1, -0.05) is 26.0 Å². The van der Waals surface area contributed by atoms with Crippen LogP contribution in [0.4, 0.5) is 0 Å². The van der Waals surface area contributed by atoms with Gasteiger partial charge < -0.3 is 20.1 Å². The average Bonchev–Trinajstić information content (AvgIpc) is 2.95. The third-order valence-electron chi connectivity index (χ3n) is 3.60. The molecule has 124 valence electrons. The lowest BCUT2D eigenvalue weighted by molar-refractivity contribution is 0.0906. The van der Waals surface area contributed by atoms with E-state index in [2.05, 4.69) is 15.3 Å². The SMILES string of the molecule is COc1cccc(-c2nc(C(=O)NCC(C)(C)CO)c(C)[nH]2)c1. The fourth-order valence-electron chi connectivity index (χ4n) is 2.05. The largest absolute Gasteiger partial charge is 0.497 e. The molecule has 6 heteroatoms. The van der Waals surface area contributed by atoms with Crippen molar-refractivity contribution in [1.29, 1.82) is 0 Å². The Labute approximate surface area is 135 Å². The minimum atomic E-state index is -0.366. The number of carbonyl (C=O) groups is 1. The number of hydrogen-bond acceptors (Lipinski definition) is 4. The van der Waals surface area contributed by atoms with Crippen molar-refractivity contribution in [3.8, 4) is 17.1 Å². The lowest BCUT2D eigenvalue weighted by atomic mass is 9.95. The van der Waals surface area contributed by atoms with Crippen molar-refractivity contribution in [3.63, 3.8) is 0 Å². The van der Waals surface area contributed by atoms with Crippen LogP contribution in [0.1, 0.15) is 30.0 Å². The Morgan fingerprint density at radius 3 is 2.83 bits per heavy atom. The van der Waals surface area contributed by atoms with Gasteiger partial charge in [0.05, 0.1) is 7.11 Å². The van der Waals surface area contributed by atoms with Crippen molar-refractivity contribution < 1.29 is 14.6 Å². The highest BCUT2D eigenvalue weighted by Crippen LogP contribution is 2.22. The second-order valence-electron chi connectivity index (χ2n) is 6.30. The Morgan fingerprint density at radius 2 is 2.17 bits per heavy atom. The van der Waals surface area contributed by atoms with Crippen LogP contribution in [0.5, 0.6) is 5.75 Å². The molecule has 23 heavy (non-hydrogen) atoms. The summed E-state index contributed by atoms with van der Waals surface area (Å²) < 4.78 is 5.20. The fraction of sp³-hybridized carbons (Fsp3) is 0.412. The van der Waals surface area contributed by atoms with Crippen LogP contribution in [0.15, 0.2) is 24.3 Å². The standard InChI is InChI=1S/C17H23N3O3/c1-11-14(16(22)18-9-17(2,3)10-21)20-15(19-11)12-6-5-7-13(8-12)23-4/h5-8,21H,9-10H2,1-4H3,(H,18,22)(H,19,20). The number of hydrogen-bond donors (Lipinski definition) is 3. The molecule has 0 aliphatic carbocycles. The lowest BCUT2D eigenvalue weighted by Crippen LogP contribution is -2.36. The van der Waals surface area contributed by atoms with E-state index < -0.39 is 0 Å². The number of rotatable bonds is 6. The first-order valence-corrected chi connectivity index (χ1v) is 7.46. The predicted molar refractivity (Wildman–Crippen MR) is 88.5 cm³/mol. The van der Waals surface area contributed by atoms with Crippen LogP contribution < -0.4 is 10.1 Å². The van der Waals surface area contributed by atoms with Crippen molar-refractivity contribution in [2.45, 2.75) is 20.8 Å². The van der Waals surface area contributed by atoms with E-state index in [0.29, 0.717) is 23.8 Å². The molecule has 0 bridgehead atoms. The summed E-state index contributed by atoms with van der Waals surface area (Å²) in [4.78, 5) is 19.8. The van der Waals surface area contributed by atoms with Gasteiger partial charge in [0.15, 0.2) is 0 Å². The van der Waals surface area contributed by atoms with Gasteiger partial charge in [-0.25, -0.2) is 4.98 Å². The fourth-order valence-corrected chi connectivity index (χ4v) is 2.05. The summed E-state index contributed by atoms with van der Waals surface area (Å²) in [5.74, 6) is 1.09. The van der Waals surface area contributed by atoms with Crippen LogP contribution in [0.25, 0.3) is 11.4 Å². The summed E-state index contributed by atoms with van der Waals surface area (Å²) in [6, 6.07) is 7.48. The number of imidazole rings is 1. The number of aromatic nitrogens is 2. The van der Waals surface area contributed by atoms with E-state index in [9.17, 15) is 9.90 Å². The molecule has 0 aliphatic heterocycles. The zero-order chi connectivity index (χ0) is 17.0. The topological polar surface area (TPSA) is 87.2 Å². The molecule has 0 aliphatic rings. The van der Waals surface area contributed by atoms with Crippen molar-refractivity contribution in [1.82, 2.24) is 15.3 Å². The number of H-pyrrole nitrogens is 1. The van der Waals surface area contributed by atoms with Gasteiger partial charge in [-0.2, -0.15) is 0 Å². The quantitative estimate of drug-likeness (QED) is 0.762. The number of aliphatic hydroxyl groups is 1. The van der Waals surface area contributed by atoms with Crippen LogP contribution in [0.3, 0.4) is 0 Å². The second kappa shape index (κ2) is 6.83. The zero-order valence-electron chi connectivity index (χ0n) is 13.9. The number of aryl methyl sites for hydroxylation is 1. The molecule has 0 atom stereocenters. The Hall–Kier alpha value is -2.34. The maximum atomic E-state index is 12.3. The van der Waals surface area contributed by atoms with Crippen LogP contribution in [-0.4, -0.2) is 41.2 Å². The minimum Gasteiger partial charge on any atom is -0.497 e. The predicted octanol–water partition coefficient (Wildman–Crippen LogP) is 2.14. The molecule has 3 N–H and O–H groups in total. The van der Waals surface area contributed by atoms with Crippen LogP contribution in [-0.2, 0) is 0 Å². The number of ether oxygens (including phenoxy) is 1. The number of aromatic amines is 1. The minimum absolute atomic E-state index is 0.00187. The maximum Gasteiger partial charge on any atom is 0.271 e. The van der Waals surface area contributed by atoms with Crippen molar-refractivity contribution in [2.24, 2.45) is 5.41 Å². The Bertz CT molecular complexity index is 692. The highest BCUT2D eigenvalue weighted by Gasteiger charge is 2.21. The molecule has 0 spiro atoms. The lowest BCUT2D eigenvalue weighted by Gasteiger charge is -2.21. The van der Waals surface area contributed by atoms with E-state index in [4.69, 9.17) is 4.74 Å². The van der Waals surface area contributed by atoms with Gasteiger partial charge in [-0.3, -0.25) is 4.79 Å². The van der Waals surface area contributed by atoms with Crippen molar-refractivity contribution in [3.05, 3.63) is 35.7 Å². The van der Waals surface area contributed by atoms with Gasteiger partial charge in [0, 0.05) is 29.8 Å². The van der Waals surface area contributed by atoms with Gasteiger partial charge in [-0.05, 0) is 19.1 Å². The Balaban J connectivity index is 2.19. The van der Waals surface area contributed by atoms with E-state index in [1.807, 2.05) is 45.0 Å². The van der Waals surface area contributed by atoms with Crippen LogP contribution in [0.2, 0.25) is 0 Å². The highest BCUT2D eigenvalue weighted by molar-refractivity contribution is 5.94. The first-order chi connectivity index (χ1) is 10.9. The molecule has 0 unspecified atom stereocenters. The smallest absolute Gasteiger partial charge is 0.271 e. The second-order valence-corrected chi connectivity index (χ2v) is 6.30.